The molecule has 7 heteroatoms. The highest BCUT2D eigenvalue weighted by atomic mass is 16.5. The van der Waals surface area contributed by atoms with E-state index in [1.54, 1.807) is 42.5 Å². The van der Waals surface area contributed by atoms with E-state index in [1.165, 1.54) is 19.1 Å². The van der Waals surface area contributed by atoms with E-state index in [0.717, 1.165) is 0 Å². The number of Topliss-reactive ketones (excluding diaryl/α,β-unsaturated/α-hetero) is 1. The lowest BCUT2D eigenvalue weighted by atomic mass is 9.95. The highest BCUT2D eigenvalue weighted by Crippen LogP contribution is 2.41. The Morgan fingerprint density at radius 2 is 1.80 bits per heavy atom. The topological polar surface area (TPSA) is 85.3 Å². The zero-order valence-corrected chi connectivity index (χ0v) is 17.3. The SMILES string of the molecule is CCOc1ccc(C2/C(=C(\O)c3ccccc3)C(=O)C(=O)N2CCOC)cc1OC. The smallest absolute Gasteiger partial charge is 0.295 e. The summed E-state index contributed by atoms with van der Waals surface area (Å²) in [7, 11) is 3.04. The lowest BCUT2D eigenvalue weighted by Gasteiger charge is -2.25. The van der Waals surface area contributed by atoms with Crippen LogP contribution in [0.15, 0.2) is 54.1 Å². The number of hydrogen-bond donors (Lipinski definition) is 1. The fourth-order valence-corrected chi connectivity index (χ4v) is 3.53. The molecule has 1 atom stereocenters. The van der Waals surface area contributed by atoms with Gasteiger partial charge in [0, 0.05) is 19.2 Å². The summed E-state index contributed by atoms with van der Waals surface area (Å²) in [5, 5.41) is 10.9. The number of nitrogens with zero attached hydrogens (tertiary/aromatic N) is 1. The van der Waals surface area contributed by atoms with Crippen molar-refractivity contribution in [1.82, 2.24) is 4.90 Å². The van der Waals surface area contributed by atoms with Gasteiger partial charge in [0.15, 0.2) is 11.5 Å². The molecular weight excluding hydrogens is 386 g/mol. The van der Waals surface area contributed by atoms with Crippen molar-refractivity contribution in [3.05, 3.63) is 65.2 Å². The van der Waals surface area contributed by atoms with Crippen molar-refractivity contribution in [3.63, 3.8) is 0 Å². The number of benzene rings is 2. The summed E-state index contributed by atoms with van der Waals surface area (Å²) < 4.78 is 16.1. The number of ketones is 1. The molecule has 0 bridgehead atoms. The number of ether oxygens (including phenoxy) is 3. The summed E-state index contributed by atoms with van der Waals surface area (Å²) in [5.41, 5.74) is 1.13. The molecule has 1 aliphatic heterocycles. The molecule has 1 fully saturated rings. The second-order valence-electron chi connectivity index (χ2n) is 6.69. The van der Waals surface area contributed by atoms with E-state index in [2.05, 4.69) is 0 Å². The van der Waals surface area contributed by atoms with Gasteiger partial charge in [-0.1, -0.05) is 36.4 Å². The Morgan fingerprint density at radius 3 is 2.43 bits per heavy atom. The predicted octanol–water partition coefficient (Wildman–Crippen LogP) is 3.16. The highest BCUT2D eigenvalue weighted by Gasteiger charge is 2.46. The lowest BCUT2D eigenvalue weighted by Crippen LogP contribution is -2.32. The largest absolute Gasteiger partial charge is 0.507 e. The molecule has 1 saturated heterocycles. The van der Waals surface area contributed by atoms with Crippen molar-refractivity contribution in [2.24, 2.45) is 0 Å². The van der Waals surface area contributed by atoms with Gasteiger partial charge in [-0.05, 0) is 24.6 Å². The maximum absolute atomic E-state index is 12.9. The van der Waals surface area contributed by atoms with Gasteiger partial charge in [-0.25, -0.2) is 0 Å². The van der Waals surface area contributed by atoms with Crippen molar-refractivity contribution < 1.29 is 28.9 Å². The zero-order valence-electron chi connectivity index (χ0n) is 17.3. The number of rotatable bonds is 8. The molecule has 1 aliphatic rings. The number of methoxy groups -OCH3 is 2. The highest BCUT2D eigenvalue weighted by molar-refractivity contribution is 6.46. The monoisotopic (exact) mass is 411 g/mol. The number of amides is 1. The Labute approximate surface area is 175 Å². The molecule has 158 valence electrons. The maximum Gasteiger partial charge on any atom is 0.295 e. The third kappa shape index (κ3) is 4.02. The molecule has 1 unspecified atom stereocenters. The molecule has 0 radical (unpaired) electrons. The number of aliphatic hydroxyl groups is 1. The van der Waals surface area contributed by atoms with Crippen LogP contribution in [0.25, 0.3) is 5.76 Å². The first-order valence-corrected chi connectivity index (χ1v) is 9.67. The number of carbonyl (C=O) groups excluding carboxylic acids is 2. The minimum absolute atomic E-state index is 0.0357. The fraction of sp³-hybridized carbons (Fsp3) is 0.304. The maximum atomic E-state index is 12.9. The molecular formula is C23H25NO6. The minimum Gasteiger partial charge on any atom is -0.507 e. The fourth-order valence-electron chi connectivity index (χ4n) is 3.53. The normalized spacial score (nSPS) is 18.0. The molecule has 0 aromatic heterocycles. The second kappa shape index (κ2) is 9.45. The van der Waals surface area contributed by atoms with Gasteiger partial charge in [-0.15, -0.1) is 0 Å². The van der Waals surface area contributed by atoms with Crippen LogP contribution < -0.4 is 9.47 Å². The lowest BCUT2D eigenvalue weighted by molar-refractivity contribution is -0.140. The third-order valence-corrected chi connectivity index (χ3v) is 4.93. The van der Waals surface area contributed by atoms with Gasteiger partial charge < -0.3 is 24.2 Å². The van der Waals surface area contributed by atoms with E-state index in [9.17, 15) is 14.7 Å². The molecule has 7 nitrogen and oxygen atoms in total. The number of hydrogen-bond acceptors (Lipinski definition) is 6. The summed E-state index contributed by atoms with van der Waals surface area (Å²) in [6.07, 6.45) is 0. The van der Waals surface area contributed by atoms with Crippen molar-refractivity contribution in [3.8, 4) is 11.5 Å². The van der Waals surface area contributed by atoms with Crippen LogP contribution in [0.5, 0.6) is 11.5 Å². The van der Waals surface area contributed by atoms with Crippen molar-refractivity contribution in [2.45, 2.75) is 13.0 Å². The number of carbonyl (C=O) groups is 2. The molecule has 1 N–H and O–H groups in total. The van der Waals surface area contributed by atoms with Gasteiger partial charge >= 0.3 is 0 Å². The van der Waals surface area contributed by atoms with Crippen LogP contribution in [-0.2, 0) is 14.3 Å². The average Bonchev–Trinajstić information content (AvgIpc) is 3.03. The molecule has 0 saturated carbocycles. The Morgan fingerprint density at radius 1 is 1.07 bits per heavy atom. The van der Waals surface area contributed by atoms with Gasteiger partial charge in [-0.2, -0.15) is 0 Å². The first-order valence-electron chi connectivity index (χ1n) is 9.67. The van der Waals surface area contributed by atoms with Gasteiger partial charge in [0.25, 0.3) is 11.7 Å². The van der Waals surface area contributed by atoms with Crippen LogP contribution in [0.4, 0.5) is 0 Å². The summed E-state index contributed by atoms with van der Waals surface area (Å²) in [4.78, 5) is 27.1. The van der Waals surface area contributed by atoms with Crippen LogP contribution in [0.3, 0.4) is 0 Å². The van der Waals surface area contributed by atoms with E-state index in [1.807, 2.05) is 13.0 Å². The summed E-state index contributed by atoms with van der Waals surface area (Å²) in [6.45, 7) is 2.79. The quantitative estimate of drug-likeness (QED) is 0.408. The van der Waals surface area contributed by atoms with Crippen LogP contribution in [0, 0.1) is 0 Å². The van der Waals surface area contributed by atoms with Crippen LogP contribution in [0.2, 0.25) is 0 Å². The Bertz CT molecular complexity index is 953. The van der Waals surface area contributed by atoms with Crippen LogP contribution in [0.1, 0.15) is 24.1 Å². The van der Waals surface area contributed by atoms with Gasteiger partial charge in [0.2, 0.25) is 0 Å². The van der Waals surface area contributed by atoms with Crippen molar-refractivity contribution >= 4 is 17.4 Å². The van der Waals surface area contributed by atoms with E-state index in [0.29, 0.717) is 29.2 Å². The van der Waals surface area contributed by atoms with Crippen molar-refractivity contribution in [1.29, 1.82) is 0 Å². The third-order valence-electron chi connectivity index (χ3n) is 4.93. The molecule has 1 heterocycles. The Balaban J connectivity index is 2.16. The minimum atomic E-state index is -0.773. The Hall–Kier alpha value is -3.32. The molecule has 2 aromatic rings. The second-order valence-corrected chi connectivity index (χ2v) is 6.69. The van der Waals surface area contributed by atoms with Gasteiger partial charge in [-0.3, -0.25) is 9.59 Å². The number of likely N-dealkylation sites (tertiary alicyclic amines) is 1. The summed E-state index contributed by atoms with van der Waals surface area (Å²) in [5.74, 6) is -0.591. The molecule has 0 spiro atoms. The molecule has 30 heavy (non-hydrogen) atoms. The average molecular weight is 411 g/mol. The van der Waals surface area contributed by atoms with E-state index < -0.39 is 17.7 Å². The van der Waals surface area contributed by atoms with Crippen LogP contribution >= 0.6 is 0 Å². The summed E-state index contributed by atoms with van der Waals surface area (Å²) in [6, 6.07) is 13.1. The van der Waals surface area contributed by atoms with Gasteiger partial charge in [0.1, 0.15) is 5.76 Å². The van der Waals surface area contributed by atoms with Crippen LogP contribution in [-0.4, -0.2) is 55.7 Å². The van der Waals surface area contributed by atoms with E-state index in [4.69, 9.17) is 14.2 Å². The number of aliphatic hydroxyl groups excluding tert-OH is 1. The summed E-state index contributed by atoms with van der Waals surface area (Å²) >= 11 is 0. The Kier molecular flexibility index (Phi) is 6.74. The first-order chi connectivity index (χ1) is 14.5. The van der Waals surface area contributed by atoms with Gasteiger partial charge in [0.05, 0.1) is 31.9 Å². The first kappa shape index (κ1) is 21.4. The molecule has 2 aromatic carbocycles. The zero-order chi connectivity index (χ0) is 21.7. The molecule has 3 rings (SSSR count). The standard InChI is InChI=1S/C23H25NO6/c1-4-30-17-11-10-16(14-18(17)29-3)20-19(21(25)15-8-6-5-7-9-15)22(26)23(27)24(20)12-13-28-2/h5-11,14,20,25H,4,12-13H2,1-3H3/b21-19+. The van der Waals surface area contributed by atoms with E-state index >= 15 is 0 Å². The van der Waals surface area contributed by atoms with Crippen molar-refractivity contribution in [2.75, 3.05) is 34.0 Å². The van der Waals surface area contributed by atoms with E-state index in [-0.39, 0.29) is 24.5 Å². The molecule has 0 aliphatic carbocycles. The predicted molar refractivity (Wildman–Crippen MR) is 111 cm³/mol. The molecule has 1 amide bonds.